The molecule has 0 saturated heterocycles. The number of aryl methyl sites for hydroxylation is 1. The van der Waals surface area contributed by atoms with Gasteiger partial charge in [0.1, 0.15) is 5.75 Å². The largest absolute Gasteiger partial charge is 0.490 e. The molecule has 2 aromatic carbocycles. The number of rotatable bonds is 7. The summed E-state index contributed by atoms with van der Waals surface area (Å²) in [6, 6.07) is 14.7. The molecule has 6 atom stereocenters. The molecular formula is C32H41ClN2O4S. The van der Waals surface area contributed by atoms with Gasteiger partial charge in [-0.05, 0) is 105 Å². The second-order valence-electron chi connectivity index (χ2n) is 12.5. The molecule has 1 heterocycles. The van der Waals surface area contributed by atoms with Gasteiger partial charge in [0.25, 0.3) is 0 Å². The summed E-state index contributed by atoms with van der Waals surface area (Å²) in [5, 5.41) is 16.9. The van der Waals surface area contributed by atoms with E-state index in [2.05, 4.69) is 35.2 Å². The molecule has 4 aliphatic rings. The Labute approximate surface area is 243 Å². The lowest BCUT2D eigenvalue weighted by Crippen LogP contribution is -2.49. The molecule has 2 saturated carbocycles. The molecule has 3 aliphatic carbocycles. The summed E-state index contributed by atoms with van der Waals surface area (Å²) in [7, 11) is -3.52. The van der Waals surface area contributed by atoms with E-state index in [0.717, 1.165) is 74.5 Å². The van der Waals surface area contributed by atoms with E-state index in [9.17, 15) is 13.5 Å². The molecule has 0 aromatic heterocycles. The highest BCUT2D eigenvalue weighted by molar-refractivity contribution is 7.89. The number of fused-ring (bicyclic) bond motifs is 3. The molecule has 1 spiro atoms. The van der Waals surface area contributed by atoms with Crippen LogP contribution in [0, 0.1) is 17.8 Å². The van der Waals surface area contributed by atoms with Crippen molar-refractivity contribution in [2.24, 2.45) is 22.9 Å². The monoisotopic (exact) mass is 584 g/mol. The van der Waals surface area contributed by atoms with E-state index < -0.39 is 21.4 Å². The molecule has 3 N–H and O–H groups in total. The van der Waals surface area contributed by atoms with E-state index in [1.165, 1.54) is 11.1 Å². The van der Waals surface area contributed by atoms with Gasteiger partial charge >= 0.3 is 0 Å². The third-order valence-electron chi connectivity index (χ3n) is 10.1. The van der Waals surface area contributed by atoms with Gasteiger partial charge in [0, 0.05) is 23.5 Å². The Kier molecular flexibility index (Phi) is 7.94. The number of nitrogens with zero attached hydrogens (tertiary/aromatic N) is 1. The van der Waals surface area contributed by atoms with Crippen molar-refractivity contribution in [2.75, 3.05) is 24.6 Å². The molecule has 0 unspecified atom stereocenters. The van der Waals surface area contributed by atoms with Gasteiger partial charge in [-0.25, -0.2) is 13.6 Å². The second-order valence-corrected chi connectivity index (χ2v) is 14.8. The van der Waals surface area contributed by atoms with E-state index in [4.69, 9.17) is 21.5 Å². The fraction of sp³-hybridized carbons (Fsp3) is 0.562. The van der Waals surface area contributed by atoms with Crippen LogP contribution in [0.2, 0.25) is 5.02 Å². The maximum absolute atomic E-state index is 11.9. The molecule has 1 aliphatic heterocycles. The van der Waals surface area contributed by atoms with E-state index in [0.29, 0.717) is 25.4 Å². The van der Waals surface area contributed by atoms with Crippen LogP contribution in [0.25, 0.3) is 0 Å². The molecule has 2 aromatic rings. The number of benzene rings is 2. The first kappa shape index (κ1) is 28.1. The zero-order chi connectivity index (χ0) is 27.9. The van der Waals surface area contributed by atoms with Crippen LogP contribution < -0.4 is 14.8 Å². The summed E-state index contributed by atoms with van der Waals surface area (Å²) in [4.78, 5) is 2.51. The van der Waals surface area contributed by atoms with Gasteiger partial charge in [-0.3, -0.25) is 0 Å². The number of hydrogen-bond donors (Lipinski definition) is 2. The number of nitrogens with two attached hydrogens (primary N) is 1. The van der Waals surface area contributed by atoms with Crippen molar-refractivity contribution in [3.63, 3.8) is 0 Å². The molecule has 0 bridgehead atoms. The van der Waals surface area contributed by atoms with E-state index in [1.54, 1.807) is 0 Å². The highest BCUT2D eigenvalue weighted by Crippen LogP contribution is 2.46. The number of halogens is 1. The average Bonchev–Trinajstić information content (AvgIpc) is 3.33. The van der Waals surface area contributed by atoms with Gasteiger partial charge < -0.3 is 14.7 Å². The normalized spacial score (nSPS) is 30.8. The Morgan fingerprint density at radius 1 is 1.12 bits per heavy atom. The molecule has 6 nitrogen and oxygen atoms in total. The predicted molar refractivity (Wildman–Crippen MR) is 160 cm³/mol. The van der Waals surface area contributed by atoms with Crippen LogP contribution in [0.5, 0.6) is 5.75 Å². The minimum atomic E-state index is -3.52. The number of aliphatic hydroxyl groups is 1. The van der Waals surface area contributed by atoms with Crippen LogP contribution in [-0.2, 0) is 21.9 Å². The molecule has 0 amide bonds. The average molecular weight is 585 g/mol. The zero-order valence-corrected chi connectivity index (χ0v) is 24.6. The van der Waals surface area contributed by atoms with Gasteiger partial charge in [0.2, 0.25) is 10.0 Å². The number of aliphatic hydroxyl groups excluding tert-OH is 1. The highest BCUT2D eigenvalue weighted by atomic mass is 35.5. The van der Waals surface area contributed by atoms with Gasteiger partial charge in [0.15, 0.2) is 0 Å². The molecular weight excluding hydrogens is 544 g/mol. The van der Waals surface area contributed by atoms with Crippen LogP contribution in [0.15, 0.2) is 54.6 Å². The van der Waals surface area contributed by atoms with Crippen LogP contribution in [0.4, 0.5) is 5.69 Å². The Balaban J connectivity index is 1.18. The lowest BCUT2D eigenvalue weighted by molar-refractivity contribution is 0.0455. The van der Waals surface area contributed by atoms with E-state index >= 15 is 0 Å². The quantitative estimate of drug-likeness (QED) is 0.413. The van der Waals surface area contributed by atoms with Crippen LogP contribution in [0.1, 0.15) is 62.5 Å². The van der Waals surface area contributed by atoms with Gasteiger partial charge in [-0.15, -0.1) is 0 Å². The van der Waals surface area contributed by atoms with Crippen molar-refractivity contribution in [3.05, 3.63) is 70.8 Å². The second kappa shape index (κ2) is 11.3. The maximum atomic E-state index is 11.9. The minimum Gasteiger partial charge on any atom is -0.490 e. The topological polar surface area (TPSA) is 92.9 Å². The van der Waals surface area contributed by atoms with Crippen molar-refractivity contribution < 1.29 is 18.3 Å². The van der Waals surface area contributed by atoms with Crippen molar-refractivity contribution in [1.29, 1.82) is 0 Å². The van der Waals surface area contributed by atoms with Gasteiger partial charge in [-0.2, -0.15) is 0 Å². The predicted octanol–water partition coefficient (Wildman–Crippen LogP) is 5.60. The Hall–Kier alpha value is -2.06. The van der Waals surface area contributed by atoms with Crippen LogP contribution in [0.3, 0.4) is 0 Å². The number of anilines is 1. The summed E-state index contributed by atoms with van der Waals surface area (Å²) in [5.41, 5.74) is 3.73. The fourth-order valence-corrected chi connectivity index (χ4v) is 9.34. The molecule has 0 radical (unpaired) electrons. The number of primary sulfonamides is 1. The summed E-state index contributed by atoms with van der Waals surface area (Å²) < 4.78 is 30.4. The Morgan fingerprint density at radius 2 is 1.98 bits per heavy atom. The first-order chi connectivity index (χ1) is 19.2. The van der Waals surface area contributed by atoms with Crippen LogP contribution >= 0.6 is 11.6 Å². The summed E-state index contributed by atoms with van der Waals surface area (Å²) in [5.74, 6) is 1.55. The SMILES string of the molecule is NS(=O)(=O)[C@@H]1CCC[C@@H]1C/C=C/[C@H](O)[C@@H]1CC[C@H]1CN1C[C@@]2(CCCc3cc(Cl)ccc32)COc2ccccc21. The van der Waals surface area contributed by atoms with E-state index in [-0.39, 0.29) is 17.3 Å². The minimum absolute atomic E-state index is 0.0497. The highest BCUT2D eigenvalue weighted by Gasteiger charge is 2.44. The summed E-state index contributed by atoms with van der Waals surface area (Å²) >= 11 is 6.38. The van der Waals surface area contributed by atoms with Crippen molar-refractivity contribution in [1.82, 2.24) is 0 Å². The molecule has 40 heavy (non-hydrogen) atoms. The number of allylic oxidation sites excluding steroid dienone is 1. The first-order valence-corrected chi connectivity index (χ1v) is 16.8. The Morgan fingerprint density at radius 3 is 2.77 bits per heavy atom. The van der Waals surface area contributed by atoms with Crippen molar-refractivity contribution >= 4 is 27.3 Å². The van der Waals surface area contributed by atoms with Crippen molar-refractivity contribution in [3.8, 4) is 5.75 Å². The molecule has 6 rings (SSSR count). The molecule has 216 valence electrons. The third kappa shape index (κ3) is 5.55. The summed E-state index contributed by atoms with van der Waals surface area (Å²) in [6.07, 6.45) is 11.7. The zero-order valence-electron chi connectivity index (χ0n) is 23.1. The van der Waals surface area contributed by atoms with Crippen molar-refractivity contribution in [2.45, 2.75) is 74.6 Å². The van der Waals surface area contributed by atoms with Gasteiger partial charge in [-0.1, -0.05) is 48.4 Å². The smallest absolute Gasteiger partial charge is 0.212 e. The number of hydrogen-bond acceptors (Lipinski definition) is 5. The third-order valence-corrected chi connectivity index (χ3v) is 11.8. The number of ether oxygens (including phenoxy) is 1. The Bertz CT molecular complexity index is 1360. The summed E-state index contributed by atoms with van der Waals surface area (Å²) in [6.45, 7) is 2.40. The lowest BCUT2D eigenvalue weighted by atomic mass is 9.68. The van der Waals surface area contributed by atoms with Crippen LogP contribution in [-0.4, -0.2) is 44.6 Å². The number of para-hydroxylation sites is 2. The lowest BCUT2D eigenvalue weighted by Gasteiger charge is -2.45. The first-order valence-electron chi connectivity index (χ1n) is 14.9. The molecule has 2 fully saturated rings. The fourth-order valence-electron chi connectivity index (χ4n) is 7.86. The maximum Gasteiger partial charge on any atom is 0.212 e. The molecule has 8 heteroatoms. The standard InChI is InChI=1S/C32H41ClN2O4S/c33-25-14-16-27-23(18-25)8-5-17-32(27)20-35(28-9-1-2-11-30(28)39-21-32)19-24-13-15-26(24)29(36)10-3-6-22-7-4-12-31(22)40(34,37)38/h1-3,9-11,14,16,18,22,24,26,29,31,36H,4-8,12-13,15,17,19-21H2,(H2,34,37,38)/b10-3+/t22-,24-,26+,29-,31+,32-/m0/s1. The number of sulfonamides is 1. The van der Waals surface area contributed by atoms with Gasteiger partial charge in [0.05, 0.1) is 23.6 Å². The van der Waals surface area contributed by atoms with E-state index in [1.807, 2.05) is 24.3 Å².